The molecule has 7 heteroatoms. The predicted octanol–water partition coefficient (Wildman–Crippen LogP) is 4.73. The molecule has 0 spiro atoms. The summed E-state index contributed by atoms with van der Waals surface area (Å²) >= 11 is 4.87. The van der Waals surface area contributed by atoms with Gasteiger partial charge in [0, 0.05) is 21.6 Å². The summed E-state index contributed by atoms with van der Waals surface area (Å²) in [5.41, 5.74) is 1.23. The second kappa shape index (κ2) is 8.29. The molecular formula is C18H21N3OS3. The van der Waals surface area contributed by atoms with E-state index in [-0.39, 0.29) is 5.91 Å². The van der Waals surface area contributed by atoms with Gasteiger partial charge in [0.1, 0.15) is 15.7 Å². The van der Waals surface area contributed by atoms with Crippen molar-refractivity contribution in [2.24, 2.45) is 0 Å². The summed E-state index contributed by atoms with van der Waals surface area (Å²) in [5, 5.41) is 7.03. The van der Waals surface area contributed by atoms with Gasteiger partial charge in [0.05, 0.1) is 12.3 Å². The highest BCUT2D eigenvalue weighted by molar-refractivity contribution is 8.00. The van der Waals surface area contributed by atoms with Crippen molar-refractivity contribution in [3.8, 4) is 0 Å². The van der Waals surface area contributed by atoms with E-state index in [1.165, 1.54) is 22.2 Å². The van der Waals surface area contributed by atoms with Crippen LogP contribution in [0.3, 0.4) is 0 Å². The third-order valence-corrected chi connectivity index (χ3v) is 6.85. The van der Waals surface area contributed by atoms with Crippen LogP contribution in [0.25, 0.3) is 10.2 Å². The number of fused-ring (bicyclic) bond motifs is 1. The Morgan fingerprint density at radius 2 is 2.16 bits per heavy atom. The molecule has 1 amide bonds. The van der Waals surface area contributed by atoms with Crippen LogP contribution in [0.5, 0.6) is 0 Å². The molecular weight excluding hydrogens is 370 g/mol. The predicted molar refractivity (Wildman–Crippen MR) is 108 cm³/mol. The average molecular weight is 392 g/mol. The van der Waals surface area contributed by atoms with Crippen LogP contribution in [-0.2, 0) is 17.8 Å². The molecule has 3 aromatic heterocycles. The third kappa shape index (κ3) is 4.40. The van der Waals surface area contributed by atoms with Gasteiger partial charge in [0.2, 0.25) is 5.91 Å². The van der Waals surface area contributed by atoms with E-state index in [0.29, 0.717) is 12.3 Å². The topological polar surface area (TPSA) is 54.9 Å². The van der Waals surface area contributed by atoms with E-state index in [2.05, 4.69) is 26.1 Å². The summed E-state index contributed by atoms with van der Waals surface area (Å²) < 4.78 is 0. The van der Waals surface area contributed by atoms with E-state index in [1.807, 2.05) is 17.5 Å². The van der Waals surface area contributed by atoms with Crippen molar-refractivity contribution in [1.29, 1.82) is 0 Å². The first kappa shape index (κ1) is 18.4. The smallest absolute Gasteiger partial charge is 0.230 e. The lowest BCUT2D eigenvalue weighted by atomic mass is 10.2. The van der Waals surface area contributed by atoms with E-state index < -0.39 is 0 Å². The lowest BCUT2D eigenvalue weighted by molar-refractivity contribution is -0.118. The van der Waals surface area contributed by atoms with E-state index in [0.717, 1.165) is 38.8 Å². The summed E-state index contributed by atoms with van der Waals surface area (Å²) in [4.78, 5) is 25.1. The van der Waals surface area contributed by atoms with Crippen LogP contribution < -0.4 is 5.32 Å². The lowest BCUT2D eigenvalue weighted by Gasteiger charge is -2.07. The number of hydrogen-bond acceptors (Lipinski definition) is 6. The van der Waals surface area contributed by atoms with Crippen LogP contribution >= 0.6 is 34.4 Å². The van der Waals surface area contributed by atoms with Crippen molar-refractivity contribution < 1.29 is 4.79 Å². The summed E-state index contributed by atoms with van der Waals surface area (Å²) in [5.74, 6) is 1.28. The van der Waals surface area contributed by atoms with Crippen LogP contribution in [0.15, 0.2) is 22.5 Å². The summed E-state index contributed by atoms with van der Waals surface area (Å²) in [6, 6.07) is 4.02. The Labute approximate surface area is 160 Å². The fourth-order valence-electron chi connectivity index (χ4n) is 2.48. The molecule has 0 saturated heterocycles. The number of rotatable bonds is 7. The molecule has 0 saturated carbocycles. The Morgan fingerprint density at radius 1 is 1.32 bits per heavy atom. The van der Waals surface area contributed by atoms with E-state index in [9.17, 15) is 4.79 Å². The molecule has 0 atom stereocenters. The Balaban J connectivity index is 1.74. The van der Waals surface area contributed by atoms with Crippen molar-refractivity contribution in [2.45, 2.75) is 45.2 Å². The minimum atomic E-state index is 0.0341. The Bertz CT molecular complexity index is 871. The Morgan fingerprint density at radius 3 is 2.88 bits per heavy atom. The van der Waals surface area contributed by atoms with Crippen LogP contribution in [0, 0.1) is 13.8 Å². The average Bonchev–Trinajstić information content (AvgIpc) is 3.20. The highest BCUT2D eigenvalue weighted by Gasteiger charge is 2.16. The molecule has 0 aromatic carbocycles. The standard InChI is InChI=1S/C18H21N3OS3/c1-4-6-14-20-17(16-11(2)12(3)25-18(16)21-14)24-10-15(22)19-9-13-7-5-8-23-13/h5,7-8H,4,6,9-10H2,1-3H3,(H,19,22). The number of amides is 1. The molecule has 3 aromatic rings. The lowest BCUT2D eigenvalue weighted by Crippen LogP contribution is -2.24. The molecule has 0 aliphatic rings. The number of nitrogens with one attached hydrogen (secondary N) is 1. The summed E-state index contributed by atoms with van der Waals surface area (Å²) in [6.07, 6.45) is 1.88. The fraction of sp³-hybridized carbons (Fsp3) is 0.389. The van der Waals surface area contributed by atoms with E-state index >= 15 is 0 Å². The van der Waals surface area contributed by atoms with Gasteiger partial charge in [0.15, 0.2) is 0 Å². The minimum absolute atomic E-state index is 0.0341. The molecule has 0 fully saturated rings. The maximum absolute atomic E-state index is 12.2. The number of thioether (sulfide) groups is 1. The zero-order valence-corrected chi connectivity index (χ0v) is 17.0. The molecule has 0 aliphatic carbocycles. The number of carbonyl (C=O) groups excluding carboxylic acids is 1. The molecule has 1 N–H and O–H groups in total. The first-order chi connectivity index (χ1) is 12.1. The van der Waals surface area contributed by atoms with Crippen molar-refractivity contribution in [2.75, 3.05) is 5.75 Å². The number of aryl methyl sites for hydroxylation is 3. The molecule has 132 valence electrons. The van der Waals surface area contributed by atoms with Crippen LogP contribution in [0.4, 0.5) is 0 Å². The number of nitrogens with zero attached hydrogens (tertiary/aromatic N) is 2. The second-order valence-electron chi connectivity index (χ2n) is 5.80. The zero-order valence-electron chi connectivity index (χ0n) is 14.6. The molecule has 3 rings (SSSR count). The fourth-order valence-corrected chi connectivity index (χ4v) is 5.17. The third-order valence-electron chi connectivity index (χ3n) is 3.90. The first-order valence-electron chi connectivity index (χ1n) is 8.27. The molecule has 25 heavy (non-hydrogen) atoms. The quantitative estimate of drug-likeness (QED) is 0.467. The van der Waals surface area contributed by atoms with Gasteiger partial charge >= 0.3 is 0 Å². The number of carbonyl (C=O) groups is 1. The van der Waals surface area contributed by atoms with Crippen LogP contribution in [0.2, 0.25) is 0 Å². The number of thiophene rings is 2. The Kier molecular flexibility index (Phi) is 6.09. The molecule has 3 heterocycles. The monoisotopic (exact) mass is 391 g/mol. The normalized spacial score (nSPS) is 11.2. The number of hydrogen-bond donors (Lipinski definition) is 1. The van der Waals surface area contributed by atoms with Gasteiger partial charge in [-0.3, -0.25) is 4.79 Å². The highest BCUT2D eigenvalue weighted by atomic mass is 32.2. The maximum Gasteiger partial charge on any atom is 0.230 e. The van der Waals surface area contributed by atoms with Gasteiger partial charge in [-0.2, -0.15) is 0 Å². The van der Waals surface area contributed by atoms with E-state index in [1.54, 1.807) is 22.7 Å². The molecule has 0 radical (unpaired) electrons. The zero-order chi connectivity index (χ0) is 17.8. The van der Waals surface area contributed by atoms with Crippen molar-refractivity contribution in [1.82, 2.24) is 15.3 Å². The Hall–Kier alpha value is -1.44. The highest BCUT2D eigenvalue weighted by Crippen LogP contribution is 2.35. The van der Waals surface area contributed by atoms with Crippen LogP contribution in [-0.4, -0.2) is 21.6 Å². The molecule has 0 bridgehead atoms. The largest absolute Gasteiger partial charge is 0.350 e. The van der Waals surface area contributed by atoms with Crippen molar-refractivity contribution in [3.63, 3.8) is 0 Å². The van der Waals surface area contributed by atoms with Gasteiger partial charge < -0.3 is 5.32 Å². The van der Waals surface area contributed by atoms with Gasteiger partial charge in [-0.05, 0) is 37.3 Å². The van der Waals surface area contributed by atoms with Gasteiger partial charge in [-0.25, -0.2) is 9.97 Å². The second-order valence-corrected chi connectivity index (χ2v) is 9.00. The maximum atomic E-state index is 12.2. The SMILES string of the molecule is CCCc1nc(SCC(=O)NCc2cccs2)c2c(C)c(C)sc2n1. The van der Waals surface area contributed by atoms with Gasteiger partial charge in [-0.15, -0.1) is 22.7 Å². The minimum Gasteiger partial charge on any atom is -0.350 e. The van der Waals surface area contributed by atoms with Crippen LogP contribution in [0.1, 0.15) is 34.5 Å². The van der Waals surface area contributed by atoms with E-state index in [4.69, 9.17) is 9.97 Å². The molecule has 0 unspecified atom stereocenters. The molecule has 4 nitrogen and oxygen atoms in total. The number of aromatic nitrogens is 2. The van der Waals surface area contributed by atoms with Crippen molar-refractivity contribution in [3.05, 3.63) is 38.7 Å². The van der Waals surface area contributed by atoms with Gasteiger partial charge in [0.25, 0.3) is 0 Å². The summed E-state index contributed by atoms with van der Waals surface area (Å²) in [6.45, 7) is 6.94. The first-order valence-corrected chi connectivity index (χ1v) is 10.9. The molecule has 0 aliphatic heterocycles. The van der Waals surface area contributed by atoms with Gasteiger partial charge in [-0.1, -0.05) is 24.8 Å². The van der Waals surface area contributed by atoms with Crippen molar-refractivity contribution >= 4 is 50.6 Å². The summed E-state index contributed by atoms with van der Waals surface area (Å²) in [7, 11) is 0.